The van der Waals surface area contributed by atoms with E-state index in [-0.39, 0.29) is 0 Å². The van der Waals surface area contributed by atoms with Gasteiger partial charge in [-0.25, -0.2) is 0 Å². The molecule has 2 rings (SSSR count). The van der Waals surface area contributed by atoms with Crippen molar-refractivity contribution in [1.82, 2.24) is 0 Å². The molecule has 9 heteroatoms. The Labute approximate surface area is 120 Å². The number of hydrogen-bond acceptors (Lipinski definition) is 9. The molecule has 21 heavy (non-hydrogen) atoms. The van der Waals surface area contributed by atoms with Crippen LogP contribution < -0.4 is 0 Å². The summed E-state index contributed by atoms with van der Waals surface area (Å²) < 4.78 is 15.5. The molecule has 0 saturated carbocycles. The first-order valence-corrected chi connectivity index (χ1v) is 6.56. The van der Waals surface area contributed by atoms with Crippen LogP contribution in [0.5, 0.6) is 0 Å². The SMILES string of the molecule is OCC1OC=CC(OC2OC(CO)[C@H](O)[C@H](O)[C@H]2O)C1O. The summed E-state index contributed by atoms with van der Waals surface area (Å²) >= 11 is 0. The van der Waals surface area contributed by atoms with E-state index in [2.05, 4.69) is 0 Å². The summed E-state index contributed by atoms with van der Waals surface area (Å²) in [6.45, 7) is -1.00. The molecule has 0 amide bonds. The highest BCUT2D eigenvalue weighted by Crippen LogP contribution is 2.25. The molecule has 8 atom stereocenters. The monoisotopic (exact) mass is 308 g/mol. The van der Waals surface area contributed by atoms with Crippen molar-refractivity contribution in [2.24, 2.45) is 0 Å². The van der Waals surface area contributed by atoms with E-state index >= 15 is 0 Å². The lowest BCUT2D eigenvalue weighted by atomic mass is 9.99. The van der Waals surface area contributed by atoms with Gasteiger partial charge in [0.05, 0.1) is 19.5 Å². The molecule has 122 valence electrons. The molecule has 0 aromatic rings. The van der Waals surface area contributed by atoms with E-state index in [0.717, 1.165) is 0 Å². The average molecular weight is 308 g/mol. The maximum Gasteiger partial charge on any atom is 0.187 e. The molecule has 0 bridgehead atoms. The lowest BCUT2D eigenvalue weighted by Crippen LogP contribution is -2.60. The maximum absolute atomic E-state index is 9.93. The largest absolute Gasteiger partial charge is 0.493 e. The normalized spacial score (nSPS) is 47.1. The summed E-state index contributed by atoms with van der Waals surface area (Å²) in [4.78, 5) is 0. The van der Waals surface area contributed by atoms with Gasteiger partial charge in [-0.05, 0) is 6.08 Å². The van der Waals surface area contributed by atoms with E-state index in [1.165, 1.54) is 12.3 Å². The molecule has 0 aromatic heterocycles. The smallest absolute Gasteiger partial charge is 0.187 e. The number of aliphatic hydroxyl groups is 6. The van der Waals surface area contributed by atoms with Crippen molar-refractivity contribution >= 4 is 0 Å². The first kappa shape index (κ1) is 16.6. The molecule has 0 aliphatic carbocycles. The molecular formula is C12H20O9. The molecule has 5 unspecified atom stereocenters. The van der Waals surface area contributed by atoms with Crippen LogP contribution in [0.4, 0.5) is 0 Å². The predicted molar refractivity (Wildman–Crippen MR) is 65.7 cm³/mol. The van der Waals surface area contributed by atoms with Crippen LogP contribution in [0.2, 0.25) is 0 Å². The molecule has 9 nitrogen and oxygen atoms in total. The zero-order chi connectivity index (χ0) is 15.6. The molecule has 0 aromatic carbocycles. The second-order valence-corrected chi connectivity index (χ2v) is 4.97. The van der Waals surface area contributed by atoms with Gasteiger partial charge in [0.15, 0.2) is 6.29 Å². The average Bonchev–Trinajstić information content (AvgIpc) is 2.49. The molecular weight excluding hydrogens is 288 g/mol. The van der Waals surface area contributed by atoms with Gasteiger partial charge in [0.1, 0.15) is 42.7 Å². The van der Waals surface area contributed by atoms with Crippen LogP contribution in [-0.4, -0.2) is 92.9 Å². The van der Waals surface area contributed by atoms with E-state index in [9.17, 15) is 20.4 Å². The summed E-state index contributed by atoms with van der Waals surface area (Å²) in [6.07, 6.45) is -7.49. The van der Waals surface area contributed by atoms with Crippen LogP contribution in [-0.2, 0) is 14.2 Å². The van der Waals surface area contributed by atoms with Crippen molar-refractivity contribution in [2.75, 3.05) is 13.2 Å². The zero-order valence-electron chi connectivity index (χ0n) is 11.1. The van der Waals surface area contributed by atoms with E-state index in [1.807, 2.05) is 0 Å². The first-order valence-electron chi connectivity index (χ1n) is 6.56. The lowest BCUT2D eigenvalue weighted by molar-refractivity contribution is -0.315. The molecule has 1 saturated heterocycles. The van der Waals surface area contributed by atoms with Gasteiger partial charge < -0.3 is 44.8 Å². The van der Waals surface area contributed by atoms with Crippen molar-refractivity contribution in [3.8, 4) is 0 Å². The third kappa shape index (κ3) is 3.35. The predicted octanol–water partition coefficient (Wildman–Crippen LogP) is -3.56. The minimum absolute atomic E-state index is 0.431. The van der Waals surface area contributed by atoms with Crippen LogP contribution in [0.15, 0.2) is 12.3 Å². The Morgan fingerprint density at radius 2 is 1.52 bits per heavy atom. The quantitative estimate of drug-likeness (QED) is 0.310. The van der Waals surface area contributed by atoms with Crippen LogP contribution in [0.3, 0.4) is 0 Å². The number of hydrogen-bond donors (Lipinski definition) is 6. The third-order valence-corrected chi connectivity index (χ3v) is 3.56. The van der Waals surface area contributed by atoms with Gasteiger partial charge in [0, 0.05) is 0 Å². The Hall–Kier alpha value is -0.780. The zero-order valence-corrected chi connectivity index (χ0v) is 11.1. The van der Waals surface area contributed by atoms with Crippen LogP contribution in [0.1, 0.15) is 0 Å². The molecule has 0 radical (unpaired) electrons. The van der Waals surface area contributed by atoms with Crippen molar-refractivity contribution in [3.05, 3.63) is 12.3 Å². The van der Waals surface area contributed by atoms with Crippen molar-refractivity contribution in [1.29, 1.82) is 0 Å². The second-order valence-electron chi connectivity index (χ2n) is 4.97. The van der Waals surface area contributed by atoms with E-state index in [1.54, 1.807) is 0 Å². The van der Waals surface area contributed by atoms with Gasteiger partial charge in [0.2, 0.25) is 0 Å². The van der Waals surface area contributed by atoms with E-state index in [4.69, 9.17) is 24.4 Å². The van der Waals surface area contributed by atoms with Crippen LogP contribution in [0.25, 0.3) is 0 Å². The van der Waals surface area contributed by atoms with Crippen molar-refractivity contribution in [3.63, 3.8) is 0 Å². The highest BCUT2D eigenvalue weighted by atomic mass is 16.7. The highest BCUT2D eigenvalue weighted by molar-refractivity contribution is 4.99. The molecule has 2 aliphatic rings. The van der Waals surface area contributed by atoms with Crippen LogP contribution >= 0.6 is 0 Å². The Balaban J connectivity index is 2.04. The summed E-state index contributed by atoms with van der Waals surface area (Å²) in [5, 5.41) is 57.2. The minimum atomic E-state index is -1.56. The fraction of sp³-hybridized carbons (Fsp3) is 0.833. The fourth-order valence-electron chi connectivity index (χ4n) is 2.24. The Kier molecular flexibility index (Phi) is 5.52. The molecule has 1 fully saturated rings. The van der Waals surface area contributed by atoms with Crippen molar-refractivity contribution in [2.45, 2.75) is 49.0 Å². The number of rotatable bonds is 4. The molecule has 0 spiro atoms. The van der Waals surface area contributed by atoms with Gasteiger partial charge >= 0.3 is 0 Å². The second kappa shape index (κ2) is 6.99. The van der Waals surface area contributed by atoms with Gasteiger partial charge in [-0.15, -0.1) is 0 Å². The Bertz CT molecular complexity index is 361. The van der Waals surface area contributed by atoms with Gasteiger partial charge in [-0.2, -0.15) is 0 Å². The molecule has 2 aliphatic heterocycles. The Morgan fingerprint density at radius 1 is 0.857 bits per heavy atom. The number of ether oxygens (including phenoxy) is 3. The topological polar surface area (TPSA) is 149 Å². The third-order valence-electron chi connectivity index (χ3n) is 3.56. The minimum Gasteiger partial charge on any atom is -0.493 e. The maximum atomic E-state index is 9.93. The summed E-state index contributed by atoms with van der Waals surface area (Å²) in [6, 6.07) is 0. The summed E-state index contributed by atoms with van der Waals surface area (Å²) in [5.74, 6) is 0. The number of aliphatic hydroxyl groups excluding tert-OH is 6. The molecule has 6 N–H and O–H groups in total. The summed E-state index contributed by atoms with van der Waals surface area (Å²) in [5.41, 5.74) is 0. The molecule has 2 heterocycles. The standard InChI is InChI=1S/C12H20O9/c13-3-6-8(15)5(1-2-19-6)20-12-11(18)10(17)9(16)7(4-14)21-12/h1-2,5-18H,3-4H2/t5?,6?,7?,8?,9-,10-,11+,12?/m0/s1. The van der Waals surface area contributed by atoms with Gasteiger partial charge in [-0.1, -0.05) is 0 Å². The van der Waals surface area contributed by atoms with Gasteiger partial charge in [0.25, 0.3) is 0 Å². The van der Waals surface area contributed by atoms with E-state index < -0.39 is 62.2 Å². The lowest BCUT2D eigenvalue weighted by Gasteiger charge is -2.41. The van der Waals surface area contributed by atoms with Gasteiger partial charge in [-0.3, -0.25) is 0 Å². The van der Waals surface area contributed by atoms with E-state index in [0.29, 0.717) is 0 Å². The highest BCUT2D eigenvalue weighted by Gasteiger charge is 2.46. The van der Waals surface area contributed by atoms with Crippen LogP contribution in [0, 0.1) is 0 Å². The van der Waals surface area contributed by atoms with Crippen molar-refractivity contribution < 1.29 is 44.8 Å². The Morgan fingerprint density at radius 3 is 2.14 bits per heavy atom. The first-order chi connectivity index (χ1) is 9.99. The summed E-state index contributed by atoms with van der Waals surface area (Å²) in [7, 11) is 0. The fourth-order valence-corrected chi connectivity index (χ4v) is 2.24.